The molecule has 0 saturated heterocycles. The van der Waals surface area contributed by atoms with Crippen LogP contribution in [-0.4, -0.2) is 11.6 Å². The van der Waals surface area contributed by atoms with Gasteiger partial charge in [-0.1, -0.05) is 0 Å². The number of rotatable bonds is 0. The van der Waals surface area contributed by atoms with Crippen molar-refractivity contribution >= 4 is 86.7 Å². The smallest absolute Gasteiger partial charge is 0.196 e. The number of ketones is 2. The molecule has 0 aliphatic heterocycles. The molecular weight excluding hydrogens is 548 g/mol. The van der Waals surface area contributed by atoms with E-state index in [4.69, 9.17) is 11.5 Å². The minimum atomic E-state index is -0.304. The van der Waals surface area contributed by atoms with Crippen LogP contribution in [-0.2, 0) is 0 Å². The monoisotopic (exact) mass is 550 g/mol. The van der Waals surface area contributed by atoms with Crippen LogP contribution in [0.15, 0.2) is 30.0 Å². The summed E-state index contributed by atoms with van der Waals surface area (Å²) in [5.74, 6) is -0.561. The van der Waals surface area contributed by atoms with Crippen molar-refractivity contribution in [3.8, 4) is 0 Å². The molecule has 0 radical (unpaired) electrons. The number of benzene rings is 2. The lowest BCUT2D eigenvalue weighted by Crippen LogP contribution is -2.23. The van der Waals surface area contributed by atoms with Crippen molar-refractivity contribution in [2.24, 2.45) is 0 Å². The minimum absolute atomic E-state index is 0.251. The number of nitrogens with two attached hydrogens (primary N) is 2. The predicted molar refractivity (Wildman–Crippen MR) is 99.4 cm³/mol. The summed E-state index contributed by atoms with van der Waals surface area (Å²) in [6, 6.07) is 3.13. The van der Waals surface area contributed by atoms with Crippen LogP contribution in [0.5, 0.6) is 0 Å². The van der Waals surface area contributed by atoms with Crippen LogP contribution in [0.1, 0.15) is 31.8 Å². The maximum absolute atomic E-state index is 12.9. The molecule has 0 bridgehead atoms. The van der Waals surface area contributed by atoms with Gasteiger partial charge < -0.3 is 11.5 Å². The van der Waals surface area contributed by atoms with Gasteiger partial charge in [-0.3, -0.25) is 9.59 Å². The quantitative estimate of drug-likeness (QED) is 0.396. The predicted octanol–water partition coefficient (Wildman–Crippen LogP) is 4.68. The van der Waals surface area contributed by atoms with Crippen LogP contribution in [0.3, 0.4) is 0 Å². The number of carbonyl (C=O) groups excluding carboxylic acids is 2. The van der Waals surface area contributed by atoms with Crippen LogP contribution >= 0.6 is 63.7 Å². The number of halogens is 4. The van der Waals surface area contributed by atoms with E-state index in [2.05, 4.69) is 63.7 Å². The fourth-order valence-electron chi connectivity index (χ4n) is 2.34. The second-order valence-corrected chi connectivity index (χ2v) is 7.97. The van der Waals surface area contributed by atoms with Gasteiger partial charge in [0.25, 0.3) is 0 Å². The van der Waals surface area contributed by atoms with Gasteiger partial charge in [0.15, 0.2) is 11.6 Å². The van der Waals surface area contributed by atoms with Crippen LogP contribution < -0.4 is 11.5 Å². The summed E-state index contributed by atoms with van der Waals surface area (Å²) in [5, 5.41) is 0. The van der Waals surface area contributed by atoms with Crippen molar-refractivity contribution in [1.29, 1.82) is 0 Å². The Morgan fingerprint density at radius 2 is 1.05 bits per heavy atom. The zero-order valence-corrected chi connectivity index (χ0v) is 17.0. The fourth-order valence-corrected chi connectivity index (χ4v) is 4.94. The molecule has 0 heterocycles. The third kappa shape index (κ3) is 2.11. The van der Waals surface area contributed by atoms with Crippen LogP contribution in [0.4, 0.5) is 11.4 Å². The lowest BCUT2D eigenvalue weighted by molar-refractivity contribution is 0.0978. The molecule has 8 heteroatoms. The Labute approximate surface area is 159 Å². The fraction of sp³-hybridized carbons (Fsp3) is 0. The maximum atomic E-state index is 12.9. The molecule has 1 aliphatic rings. The number of hydrogen-bond acceptors (Lipinski definition) is 4. The molecule has 1 aliphatic carbocycles. The normalized spacial score (nSPS) is 13.1. The molecule has 4 N–H and O–H groups in total. The highest BCUT2D eigenvalue weighted by atomic mass is 79.9. The Hall–Kier alpha value is -0.700. The summed E-state index contributed by atoms with van der Waals surface area (Å²) in [5.41, 5.74) is 13.7. The Bertz CT molecular complexity index is 824. The van der Waals surface area contributed by atoms with E-state index in [1.807, 2.05) is 0 Å². The SMILES string of the molecule is Nc1c(Br)cc2c(c1Br)C(=O)c1c(cc(Br)c(N)c1Br)C2=O. The second-order valence-electron chi connectivity index (χ2n) is 4.68. The lowest BCUT2D eigenvalue weighted by atomic mass is 9.83. The van der Waals surface area contributed by atoms with Crippen molar-refractivity contribution in [3.05, 3.63) is 52.3 Å². The molecule has 4 nitrogen and oxygen atoms in total. The van der Waals surface area contributed by atoms with Crippen molar-refractivity contribution in [1.82, 2.24) is 0 Å². The summed E-state index contributed by atoms with van der Waals surface area (Å²) >= 11 is 13.2. The molecule has 0 aromatic heterocycles. The van der Waals surface area contributed by atoms with Gasteiger partial charge in [0.2, 0.25) is 0 Å². The topological polar surface area (TPSA) is 86.2 Å². The van der Waals surface area contributed by atoms with Gasteiger partial charge in [0.1, 0.15) is 0 Å². The second kappa shape index (κ2) is 5.43. The van der Waals surface area contributed by atoms with Gasteiger partial charge in [-0.25, -0.2) is 0 Å². The van der Waals surface area contributed by atoms with Gasteiger partial charge in [0, 0.05) is 20.1 Å². The molecule has 0 unspecified atom stereocenters. The number of nitrogen functional groups attached to an aromatic ring is 2. The molecule has 0 atom stereocenters. The molecule has 112 valence electrons. The van der Waals surface area contributed by atoms with E-state index in [9.17, 15) is 9.59 Å². The Morgan fingerprint density at radius 1 is 0.682 bits per heavy atom. The third-order valence-corrected chi connectivity index (χ3v) is 6.41. The van der Waals surface area contributed by atoms with E-state index in [0.29, 0.717) is 40.4 Å². The highest BCUT2D eigenvalue weighted by molar-refractivity contribution is 9.11. The molecule has 3 rings (SSSR count). The van der Waals surface area contributed by atoms with Crippen molar-refractivity contribution in [2.75, 3.05) is 11.5 Å². The summed E-state index contributed by atoms with van der Waals surface area (Å²) < 4.78 is 1.90. The van der Waals surface area contributed by atoms with Crippen LogP contribution in [0.2, 0.25) is 0 Å². The Kier molecular flexibility index (Phi) is 3.99. The molecule has 22 heavy (non-hydrogen) atoms. The van der Waals surface area contributed by atoms with Crippen molar-refractivity contribution in [3.63, 3.8) is 0 Å². The number of carbonyl (C=O) groups is 2. The summed E-state index contributed by atoms with van der Waals surface area (Å²) in [6.07, 6.45) is 0. The first-order chi connectivity index (χ1) is 10.3. The Balaban J connectivity index is 2.43. The first-order valence-corrected chi connectivity index (χ1v) is 9.07. The average molecular weight is 554 g/mol. The maximum Gasteiger partial charge on any atom is 0.196 e. The molecule has 0 spiro atoms. The van der Waals surface area contributed by atoms with E-state index in [1.54, 1.807) is 12.1 Å². The van der Waals surface area contributed by atoms with E-state index >= 15 is 0 Å². The highest BCUT2D eigenvalue weighted by Gasteiger charge is 2.35. The van der Waals surface area contributed by atoms with Crippen molar-refractivity contribution in [2.45, 2.75) is 0 Å². The van der Waals surface area contributed by atoms with Gasteiger partial charge in [-0.05, 0) is 75.9 Å². The molecule has 2 aromatic carbocycles. The zero-order valence-electron chi connectivity index (χ0n) is 10.6. The summed E-state index contributed by atoms with van der Waals surface area (Å²) in [6.45, 7) is 0. The van der Waals surface area contributed by atoms with E-state index in [-0.39, 0.29) is 22.7 Å². The third-order valence-electron chi connectivity index (χ3n) is 3.45. The Morgan fingerprint density at radius 3 is 1.41 bits per heavy atom. The molecule has 2 aromatic rings. The van der Waals surface area contributed by atoms with E-state index in [0.717, 1.165) is 0 Å². The van der Waals surface area contributed by atoms with E-state index in [1.165, 1.54) is 0 Å². The minimum Gasteiger partial charge on any atom is -0.397 e. The molecule has 0 fully saturated rings. The van der Waals surface area contributed by atoms with Gasteiger partial charge >= 0.3 is 0 Å². The molecule has 0 amide bonds. The lowest BCUT2D eigenvalue weighted by Gasteiger charge is -2.22. The standard InChI is InChI=1S/C14H6Br4N2O2/c15-5-1-3-7(9(17)11(5)19)14(22)8-4(13(3)21)2-6(16)12(20)10(8)18/h1-2H,19-20H2. The largest absolute Gasteiger partial charge is 0.397 e. The number of hydrogen-bond donors (Lipinski definition) is 2. The molecule has 0 saturated carbocycles. The average Bonchev–Trinajstić information content (AvgIpc) is 2.47. The number of fused-ring (bicyclic) bond motifs is 2. The van der Waals surface area contributed by atoms with Gasteiger partial charge in [-0.15, -0.1) is 0 Å². The van der Waals surface area contributed by atoms with E-state index < -0.39 is 0 Å². The van der Waals surface area contributed by atoms with Crippen LogP contribution in [0, 0.1) is 0 Å². The van der Waals surface area contributed by atoms with Gasteiger partial charge in [0.05, 0.1) is 31.4 Å². The summed E-state index contributed by atoms with van der Waals surface area (Å²) in [4.78, 5) is 25.6. The van der Waals surface area contributed by atoms with Gasteiger partial charge in [-0.2, -0.15) is 0 Å². The first kappa shape index (κ1) is 16.2. The zero-order chi connectivity index (χ0) is 16.3. The summed E-state index contributed by atoms with van der Waals surface area (Å²) in [7, 11) is 0. The highest BCUT2D eigenvalue weighted by Crippen LogP contribution is 2.43. The van der Waals surface area contributed by atoms with Crippen molar-refractivity contribution < 1.29 is 9.59 Å². The van der Waals surface area contributed by atoms with Crippen LogP contribution in [0.25, 0.3) is 0 Å². The number of anilines is 2. The molecular formula is C14H6Br4N2O2. The first-order valence-electron chi connectivity index (χ1n) is 5.90.